The first-order valence-electron chi connectivity index (χ1n) is 4.83. The van der Waals surface area contributed by atoms with Crippen LogP contribution >= 0.6 is 15.9 Å². The van der Waals surface area contributed by atoms with Crippen LogP contribution < -0.4 is 5.32 Å². The first kappa shape index (κ1) is 9.22. The van der Waals surface area contributed by atoms with Crippen molar-refractivity contribution < 1.29 is 0 Å². The fraction of sp³-hybridized carbons (Fsp3) is 0.455. The molecule has 1 aliphatic rings. The monoisotopic (exact) mass is 239 g/mol. The van der Waals surface area contributed by atoms with Crippen LogP contribution in [0.5, 0.6) is 0 Å². The first-order valence-corrected chi connectivity index (χ1v) is 5.62. The standard InChI is InChI=1S/C11H14BrN/c12-11-6-2-1-5-10(11)9-4-3-7-13-8-9/h1-2,5-6,9,13H,3-4,7-8H2/t9-/m1/s1. The Morgan fingerprint density at radius 3 is 2.85 bits per heavy atom. The van der Waals surface area contributed by atoms with Gasteiger partial charge >= 0.3 is 0 Å². The molecule has 0 spiro atoms. The highest BCUT2D eigenvalue weighted by Gasteiger charge is 2.16. The summed E-state index contributed by atoms with van der Waals surface area (Å²) in [6.07, 6.45) is 2.61. The molecule has 1 aliphatic heterocycles. The van der Waals surface area contributed by atoms with Gasteiger partial charge < -0.3 is 5.32 Å². The highest BCUT2D eigenvalue weighted by atomic mass is 79.9. The lowest BCUT2D eigenvalue weighted by Gasteiger charge is -2.23. The van der Waals surface area contributed by atoms with Crippen LogP contribution in [0.15, 0.2) is 28.7 Å². The summed E-state index contributed by atoms with van der Waals surface area (Å²) < 4.78 is 1.25. The van der Waals surface area contributed by atoms with E-state index >= 15 is 0 Å². The molecular formula is C11H14BrN. The molecule has 2 rings (SSSR count). The van der Waals surface area contributed by atoms with Crippen molar-refractivity contribution in [3.05, 3.63) is 34.3 Å². The number of rotatable bonds is 1. The quantitative estimate of drug-likeness (QED) is 0.795. The van der Waals surface area contributed by atoms with Gasteiger partial charge in [0.25, 0.3) is 0 Å². The van der Waals surface area contributed by atoms with E-state index in [2.05, 4.69) is 45.5 Å². The third-order valence-corrected chi connectivity index (χ3v) is 3.36. The van der Waals surface area contributed by atoms with Crippen molar-refractivity contribution in [2.75, 3.05) is 13.1 Å². The molecule has 2 heteroatoms. The molecule has 1 atom stereocenters. The van der Waals surface area contributed by atoms with Crippen LogP contribution in [0.2, 0.25) is 0 Å². The zero-order valence-electron chi connectivity index (χ0n) is 7.59. The Bertz CT molecular complexity index is 279. The highest BCUT2D eigenvalue weighted by Crippen LogP contribution is 2.29. The second-order valence-corrected chi connectivity index (χ2v) is 4.42. The summed E-state index contributed by atoms with van der Waals surface area (Å²) >= 11 is 3.60. The minimum Gasteiger partial charge on any atom is -0.316 e. The molecule has 0 unspecified atom stereocenters. The van der Waals surface area contributed by atoms with Gasteiger partial charge in [0.1, 0.15) is 0 Å². The fourth-order valence-electron chi connectivity index (χ4n) is 1.92. The van der Waals surface area contributed by atoms with Gasteiger partial charge in [-0.1, -0.05) is 34.1 Å². The molecule has 13 heavy (non-hydrogen) atoms. The second-order valence-electron chi connectivity index (χ2n) is 3.56. The van der Waals surface area contributed by atoms with E-state index in [9.17, 15) is 0 Å². The van der Waals surface area contributed by atoms with E-state index in [0.717, 1.165) is 6.54 Å². The van der Waals surface area contributed by atoms with Crippen LogP contribution in [0.25, 0.3) is 0 Å². The average molecular weight is 240 g/mol. The Morgan fingerprint density at radius 2 is 2.15 bits per heavy atom. The third kappa shape index (κ3) is 2.12. The maximum atomic E-state index is 3.60. The van der Waals surface area contributed by atoms with Gasteiger partial charge in [-0.15, -0.1) is 0 Å². The molecule has 70 valence electrons. The van der Waals surface area contributed by atoms with E-state index in [0.29, 0.717) is 5.92 Å². The lowest BCUT2D eigenvalue weighted by molar-refractivity contribution is 0.460. The lowest BCUT2D eigenvalue weighted by Crippen LogP contribution is -2.28. The van der Waals surface area contributed by atoms with Crippen molar-refractivity contribution in [3.63, 3.8) is 0 Å². The number of piperidine rings is 1. The largest absolute Gasteiger partial charge is 0.316 e. The fourth-order valence-corrected chi connectivity index (χ4v) is 2.53. The van der Waals surface area contributed by atoms with Gasteiger partial charge in [0.05, 0.1) is 0 Å². The summed E-state index contributed by atoms with van der Waals surface area (Å²) in [6.45, 7) is 2.31. The molecule has 1 fully saturated rings. The average Bonchev–Trinajstić information content (AvgIpc) is 2.20. The third-order valence-electron chi connectivity index (χ3n) is 2.64. The predicted octanol–water partition coefficient (Wildman–Crippen LogP) is 2.92. The molecular weight excluding hydrogens is 226 g/mol. The number of nitrogens with one attached hydrogen (secondary N) is 1. The topological polar surface area (TPSA) is 12.0 Å². The molecule has 0 saturated carbocycles. The molecule has 1 saturated heterocycles. The molecule has 0 radical (unpaired) electrons. The summed E-state index contributed by atoms with van der Waals surface area (Å²) in [7, 11) is 0. The van der Waals surface area contributed by atoms with Gasteiger partial charge in [-0.25, -0.2) is 0 Å². The maximum Gasteiger partial charge on any atom is 0.0210 e. The van der Waals surface area contributed by atoms with E-state index < -0.39 is 0 Å². The van der Waals surface area contributed by atoms with E-state index in [-0.39, 0.29) is 0 Å². The lowest BCUT2D eigenvalue weighted by atomic mass is 9.92. The SMILES string of the molecule is Brc1ccccc1[C@@H]1CCCNC1. The van der Waals surface area contributed by atoms with Crippen molar-refractivity contribution in [1.29, 1.82) is 0 Å². The molecule has 1 aromatic rings. The van der Waals surface area contributed by atoms with Gasteiger partial charge in [-0.2, -0.15) is 0 Å². The van der Waals surface area contributed by atoms with Gasteiger partial charge in [-0.05, 0) is 36.9 Å². The minimum atomic E-state index is 0.698. The van der Waals surface area contributed by atoms with Gasteiger partial charge in [-0.3, -0.25) is 0 Å². The van der Waals surface area contributed by atoms with E-state index in [4.69, 9.17) is 0 Å². The Morgan fingerprint density at radius 1 is 1.31 bits per heavy atom. The highest BCUT2D eigenvalue weighted by molar-refractivity contribution is 9.10. The van der Waals surface area contributed by atoms with Crippen LogP contribution in [-0.2, 0) is 0 Å². The molecule has 1 N–H and O–H groups in total. The van der Waals surface area contributed by atoms with Crippen LogP contribution in [-0.4, -0.2) is 13.1 Å². The molecule has 1 aromatic carbocycles. The van der Waals surface area contributed by atoms with Crippen molar-refractivity contribution in [1.82, 2.24) is 5.32 Å². The summed E-state index contributed by atoms with van der Waals surface area (Å²) in [5.74, 6) is 0.698. The van der Waals surface area contributed by atoms with E-state index in [1.807, 2.05) is 0 Å². The summed E-state index contributed by atoms with van der Waals surface area (Å²) in [4.78, 5) is 0. The Balaban J connectivity index is 2.18. The van der Waals surface area contributed by atoms with Crippen molar-refractivity contribution in [2.24, 2.45) is 0 Å². The van der Waals surface area contributed by atoms with Crippen LogP contribution in [0.3, 0.4) is 0 Å². The smallest absolute Gasteiger partial charge is 0.0210 e. The maximum absolute atomic E-state index is 3.60. The summed E-state index contributed by atoms with van der Waals surface area (Å²) in [5, 5.41) is 3.44. The van der Waals surface area contributed by atoms with Crippen molar-refractivity contribution in [2.45, 2.75) is 18.8 Å². The number of hydrogen-bond acceptors (Lipinski definition) is 1. The van der Waals surface area contributed by atoms with Crippen molar-refractivity contribution >= 4 is 15.9 Å². The van der Waals surface area contributed by atoms with Crippen LogP contribution in [0, 0.1) is 0 Å². The van der Waals surface area contributed by atoms with Crippen molar-refractivity contribution in [3.8, 4) is 0 Å². The summed E-state index contributed by atoms with van der Waals surface area (Å²) in [5.41, 5.74) is 1.45. The molecule has 0 bridgehead atoms. The van der Waals surface area contributed by atoms with Gasteiger partial charge in [0.15, 0.2) is 0 Å². The zero-order chi connectivity index (χ0) is 9.10. The van der Waals surface area contributed by atoms with Gasteiger partial charge in [0, 0.05) is 11.0 Å². The zero-order valence-corrected chi connectivity index (χ0v) is 9.18. The molecule has 0 aromatic heterocycles. The molecule has 0 amide bonds. The number of benzene rings is 1. The minimum absolute atomic E-state index is 0.698. The first-order chi connectivity index (χ1) is 6.38. The Labute approximate surface area is 87.7 Å². The van der Waals surface area contributed by atoms with Gasteiger partial charge in [0.2, 0.25) is 0 Å². The predicted molar refractivity (Wildman–Crippen MR) is 59.0 cm³/mol. The van der Waals surface area contributed by atoms with Crippen LogP contribution in [0.4, 0.5) is 0 Å². The number of hydrogen-bond donors (Lipinski definition) is 1. The number of halogens is 1. The normalized spacial score (nSPS) is 23.0. The second kappa shape index (κ2) is 4.25. The molecule has 1 nitrogen and oxygen atoms in total. The van der Waals surface area contributed by atoms with Crippen LogP contribution in [0.1, 0.15) is 24.3 Å². The molecule has 0 aliphatic carbocycles. The Kier molecular flexibility index (Phi) is 3.01. The van der Waals surface area contributed by atoms with E-state index in [1.165, 1.54) is 29.4 Å². The Hall–Kier alpha value is -0.340. The van der Waals surface area contributed by atoms with E-state index in [1.54, 1.807) is 0 Å². The molecule has 1 heterocycles. The summed E-state index contributed by atoms with van der Waals surface area (Å²) in [6, 6.07) is 8.55.